The van der Waals surface area contributed by atoms with Crippen molar-refractivity contribution in [2.45, 2.75) is 51.5 Å². The maximum Gasteiger partial charge on any atom is 0.279 e. The van der Waals surface area contributed by atoms with Crippen LogP contribution in [0.4, 0.5) is 0 Å². The molecule has 122 valence electrons. The fourth-order valence-electron chi connectivity index (χ4n) is 3.18. The van der Waals surface area contributed by atoms with Crippen LogP contribution in [-0.2, 0) is 14.9 Å². The molecular formula is C15H28N2O3S. The number of nitrogens with one attached hydrogen (secondary N) is 1. The van der Waals surface area contributed by atoms with Gasteiger partial charge in [-0.25, -0.2) is 0 Å². The molecule has 1 heterocycles. The van der Waals surface area contributed by atoms with Gasteiger partial charge in [0.05, 0.1) is 0 Å². The van der Waals surface area contributed by atoms with Gasteiger partial charge < -0.3 is 4.74 Å². The molecule has 2 rings (SSSR count). The van der Waals surface area contributed by atoms with Gasteiger partial charge in [0, 0.05) is 32.8 Å². The summed E-state index contributed by atoms with van der Waals surface area (Å²) >= 11 is 0. The summed E-state index contributed by atoms with van der Waals surface area (Å²) in [6, 6.07) is -0.0907. The van der Waals surface area contributed by atoms with Gasteiger partial charge in [0.2, 0.25) is 0 Å². The molecule has 2 aliphatic rings. The highest BCUT2D eigenvalue weighted by Gasteiger charge is 2.29. The molecule has 0 spiro atoms. The Morgan fingerprint density at radius 3 is 2.67 bits per heavy atom. The van der Waals surface area contributed by atoms with Gasteiger partial charge >= 0.3 is 0 Å². The van der Waals surface area contributed by atoms with Crippen molar-refractivity contribution in [2.24, 2.45) is 5.92 Å². The maximum atomic E-state index is 12.5. The topological polar surface area (TPSA) is 58.6 Å². The summed E-state index contributed by atoms with van der Waals surface area (Å²) in [5, 5.41) is 0. The standard InChI is InChI=1S/C15H28N2O3S/c1-13(15-6-4-3-5-7-15)16-21(18,19)17-10-8-14(9-11-17)12-20-2/h6,13-14,16H,3-5,7-12H2,1-2H3/t13-/m1/s1. The number of ether oxygens (including phenoxy) is 1. The van der Waals surface area contributed by atoms with Crippen LogP contribution in [0.2, 0.25) is 0 Å². The van der Waals surface area contributed by atoms with E-state index in [1.165, 1.54) is 18.4 Å². The van der Waals surface area contributed by atoms with E-state index in [-0.39, 0.29) is 6.04 Å². The molecule has 0 bridgehead atoms. The minimum atomic E-state index is -3.37. The van der Waals surface area contributed by atoms with Crippen LogP contribution in [0.25, 0.3) is 0 Å². The Hall–Kier alpha value is -0.430. The van der Waals surface area contributed by atoms with E-state index in [0.29, 0.717) is 19.0 Å². The maximum absolute atomic E-state index is 12.5. The highest BCUT2D eigenvalue weighted by Crippen LogP contribution is 2.22. The average molecular weight is 316 g/mol. The molecule has 0 radical (unpaired) electrons. The van der Waals surface area contributed by atoms with E-state index in [9.17, 15) is 8.42 Å². The monoisotopic (exact) mass is 316 g/mol. The fraction of sp³-hybridized carbons (Fsp3) is 0.867. The van der Waals surface area contributed by atoms with Crippen molar-refractivity contribution in [1.29, 1.82) is 0 Å². The zero-order valence-corrected chi connectivity index (χ0v) is 14.0. The van der Waals surface area contributed by atoms with Crippen molar-refractivity contribution < 1.29 is 13.2 Å². The first-order valence-corrected chi connectivity index (χ1v) is 9.42. The summed E-state index contributed by atoms with van der Waals surface area (Å²) in [6.45, 7) is 3.86. The molecular weight excluding hydrogens is 288 g/mol. The van der Waals surface area contributed by atoms with Gasteiger partial charge in [0.15, 0.2) is 0 Å². The molecule has 0 aromatic heterocycles. The average Bonchev–Trinajstić information content (AvgIpc) is 2.48. The Morgan fingerprint density at radius 1 is 1.38 bits per heavy atom. The Kier molecular flexibility index (Phi) is 6.22. The fourth-order valence-corrected chi connectivity index (χ4v) is 4.62. The Bertz CT molecular complexity index is 454. The molecule has 6 heteroatoms. The minimum Gasteiger partial charge on any atom is -0.384 e. The third-order valence-corrected chi connectivity index (χ3v) is 6.22. The van der Waals surface area contributed by atoms with Gasteiger partial charge in [-0.15, -0.1) is 0 Å². The second-order valence-electron chi connectivity index (χ2n) is 6.17. The minimum absolute atomic E-state index is 0.0907. The SMILES string of the molecule is COCC1CCN(S(=O)(=O)N[C@H](C)C2=CCCCC2)CC1. The molecule has 0 aromatic rings. The number of allylic oxidation sites excluding steroid dienone is 1. The number of rotatable bonds is 6. The predicted molar refractivity (Wildman–Crippen MR) is 84.2 cm³/mol. The van der Waals surface area contributed by atoms with Crippen molar-refractivity contribution in [2.75, 3.05) is 26.8 Å². The molecule has 1 N–H and O–H groups in total. The number of hydrogen-bond donors (Lipinski definition) is 1. The van der Waals surface area contributed by atoms with Crippen LogP contribution >= 0.6 is 0 Å². The third-order valence-electron chi connectivity index (χ3n) is 4.52. The zero-order chi connectivity index (χ0) is 15.3. The largest absolute Gasteiger partial charge is 0.384 e. The van der Waals surface area contributed by atoms with Crippen molar-refractivity contribution in [3.05, 3.63) is 11.6 Å². The van der Waals surface area contributed by atoms with E-state index < -0.39 is 10.2 Å². The lowest BCUT2D eigenvalue weighted by molar-refractivity contribution is 0.121. The number of nitrogens with zero attached hydrogens (tertiary/aromatic N) is 1. The highest BCUT2D eigenvalue weighted by atomic mass is 32.2. The molecule has 5 nitrogen and oxygen atoms in total. The van der Waals surface area contributed by atoms with Gasteiger partial charge in [-0.2, -0.15) is 17.4 Å². The van der Waals surface area contributed by atoms with E-state index in [4.69, 9.17) is 4.74 Å². The van der Waals surface area contributed by atoms with E-state index in [1.807, 2.05) is 6.92 Å². The van der Waals surface area contributed by atoms with Crippen LogP contribution < -0.4 is 4.72 Å². The van der Waals surface area contributed by atoms with E-state index in [2.05, 4.69) is 10.8 Å². The van der Waals surface area contributed by atoms with E-state index >= 15 is 0 Å². The molecule has 1 fully saturated rings. The summed E-state index contributed by atoms with van der Waals surface area (Å²) in [7, 11) is -1.67. The zero-order valence-electron chi connectivity index (χ0n) is 13.2. The second-order valence-corrected chi connectivity index (χ2v) is 7.87. The Balaban J connectivity index is 1.88. The number of piperidine rings is 1. The molecule has 0 saturated carbocycles. The van der Waals surface area contributed by atoms with Crippen LogP contribution in [0.5, 0.6) is 0 Å². The second kappa shape index (κ2) is 7.72. The van der Waals surface area contributed by atoms with Crippen LogP contribution in [0, 0.1) is 5.92 Å². The summed E-state index contributed by atoms with van der Waals surface area (Å²) in [5.74, 6) is 0.486. The first-order valence-electron chi connectivity index (χ1n) is 7.98. The van der Waals surface area contributed by atoms with Crippen molar-refractivity contribution in [3.8, 4) is 0 Å². The molecule has 1 atom stereocenters. The molecule has 1 saturated heterocycles. The van der Waals surface area contributed by atoms with E-state index in [0.717, 1.165) is 32.3 Å². The van der Waals surface area contributed by atoms with Gasteiger partial charge in [-0.3, -0.25) is 0 Å². The van der Waals surface area contributed by atoms with Gasteiger partial charge in [-0.05, 0) is 51.4 Å². The summed E-state index contributed by atoms with van der Waals surface area (Å²) < 4.78 is 34.5. The first kappa shape index (κ1) is 16.9. The number of hydrogen-bond acceptors (Lipinski definition) is 3. The highest BCUT2D eigenvalue weighted by molar-refractivity contribution is 7.87. The lowest BCUT2D eigenvalue weighted by Crippen LogP contribution is -2.48. The van der Waals surface area contributed by atoms with Gasteiger partial charge in [0.25, 0.3) is 10.2 Å². The molecule has 21 heavy (non-hydrogen) atoms. The van der Waals surface area contributed by atoms with Crippen LogP contribution in [0.1, 0.15) is 45.4 Å². The van der Waals surface area contributed by atoms with Crippen molar-refractivity contribution >= 4 is 10.2 Å². The lowest BCUT2D eigenvalue weighted by atomic mass is 9.95. The van der Waals surface area contributed by atoms with Gasteiger partial charge in [-0.1, -0.05) is 11.6 Å². The summed E-state index contributed by atoms with van der Waals surface area (Å²) in [5.41, 5.74) is 1.24. The van der Waals surface area contributed by atoms with Crippen molar-refractivity contribution in [3.63, 3.8) is 0 Å². The quantitative estimate of drug-likeness (QED) is 0.763. The lowest BCUT2D eigenvalue weighted by Gasteiger charge is -2.32. The third kappa shape index (κ3) is 4.77. The van der Waals surface area contributed by atoms with Crippen LogP contribution in [0.3, 0.4) is 0 Å². The number of methoxy groups -OCH3 is 1. The first-order chi connectivity index (χ1) is 10.0. The summed E-state index contributed by atoms with van der Waals surface area (Å²) in [6.07, 6.45) is 8.43. The molecule has 1 aliphatic carbocycles. The molecule has 0 unspecified atom stereocenters. The summed E-state index contributed by atoms with van der Waals surface area (Å²) in [4.78, 5) is 0. The van der Waals surface area contributed by atoms with Crippen molar-refractivity contribution in [1.82, 2.24) is 9.03 Å². The Morgan fingerprint density at radius 2 is 2.10 bits per heavy atom. The van der Waals surface area contributed by atoms with Crippen LogP contribution in [0.15, 0.2) is 11.6 Å². The van der Waals surface area contributed by atoms with Gasteiger partial charge in [0.1, 0.15) is 0 Å². The van der Waals surface area contributed by atoms with Crippen LogP contribution in [-0.4, -0.2) is 45.6 Å². The Labute approximate surface area is 128 Å². The normalized spacial score (nSPS) is 23.8. The molecule has 1 aliphatic heterocycles. The molecule has 0 amide bonds. The molecule has 0 aromatic carbocycles. The van der Waals surface area contributed by atoms with E-state index in [1.54, 1.807) is 11.4 Å². The predicted octanol–water partition coefficient (Wildman–Crippen LogP) is 2.07. The smallest absolute Gasteiger partial charge is 0.279 e.